The van der Waals surface area contributed by atoms with Crippen LogP contribution in [-0.2, 0) is 0 Å². The second kappa shape index (κ2) is 3.82. The third-order valence-electron chi connectivity index (χ3n) is 3.82. The Labute approximate surface area is 86.0 Å². The van der Waals surface area contributed by atoms with Gasteiger partial charge in [-0.05, 0) is 55.6 Å². The Morgan fingerprint density at radius 1 is 1.54 bits per heavy atom. The molecule has 1 heterocycles. The Kier molecular flexibility index (Phi) is 2.89. The summed E-state index contributed by atoms with van der Waals surface area (Å²) in [5.41, 5.74) is 0.645. The van der Waals surface area contributed by atoms with Gasteiger partial charge in [-0.2, -0.15) is 11.8 Å². The topological polar surface area (TPSA) is 12.0 Å². The molecule has 1 nitrogen and oxygen atoms in total. The maximum absolute atomic E-state index is 3.71. The van der Waals surface area contributed by atoms with E-state index < -0.39 is 0 Å². The van der Waals surface area contributed by atoms with Gasteiger partial charge in [-0.3, -0.25) is 0 Å². The van der Waals surface area contributed by atoms with Crippen LogP contribution in [0.25, 0.3) is 0 Å². The fourth-order valence-corrected chi connectivity index (χ4v) is 3.25. The zero-order valence-electron chi connectivity index (χ0n) is 8.81. The summed E-state index contributed by atoms with van der Waals surface area (Å²) in [5, 5.41) is 3.71. The van der Waals surface area contributed by atoms with Gasteiger partial charge in [0.05, 0.1) is 0 Å². The van der Waals surface area contributed by atoms with E-state index in [4.69, 9.17) is 0 Å². The van der Waals surface area contributed by atoms with Crippen molar-refractivity contribution in [2.75, 3.05) is 18.1 Å². The van der Waals surface area contributed by atoms with Gasteiger partial charge in [0, 0.05) is 6.04 Å². The summed E-state index contributed by atoms with van der Waals surface area (Å²) in [7, 11) is 0. The van der Waals surface area contributed by atoms with E-state index in [-0.39, 0.29) is 0 Å². The van der Waals surface area contributed by atoms with Crippen LogP contribution in [-0.4, -0.2) is 24.1 Å². The molecule has 0 radical (unpaired) electrons. The summed E-state index contributed by atoms with van der Waals surface area (Å²) in [4.78, 5) is 0. The number of hydrogen-bond donors (Lipinski definition) is 1. The van der Waals surface area contributed by atoms with Crippen LogP contribution >= 0.6 is 11.8 Å². The molecule has 0 spiro atoms. The van der Waals surface area contributed by atoms with Gasteiger partial charge >= 0.3 is 0 Å². The van der Waals surface area contributed by atoms with E-state index in [1.807, 2.05) is 0 Å². The van der Waals surface area contributed by atoms with Crippen molar-refractivity contribution in [1.82, 2.24) is 5.32 Å². The van der Waals surface area contributed by atoms with Crippen molar-refractivity contribution >= 4 is 11.8 Å². The third-order valence-corrected chi connectivity index (χ3v) is 5.05. The van der Waals surface area contributed by atoms with E-state index in [1.54, 1.807) is 0 Å². The maximum atomic E-state index is 3.71. The lowest BCUT2D eigenvalue weighted by molar-refractivity contribution is 0.358. The number of rotatable bonds is 4. The van der Waals surface area contributed by atoms with Crippen LogP contribution in [0.3, 0.4) is 0 Å². The molecule has 0 aromatic rings. The average molecular weight is 199 g/mol. The van der Waals surface area contributed by atoms with Crippen molar-refractivity contribution in [3.05, 3.63) is 0 Å². The van der Waals surface area contributed by atoms with Crippen LogP contribution in [0.2, 0.25) is 0 Å². The largest absolute Gasteiger partial charge is 0.313 e. The Morgan fingerprint density at radius 2 is 2.31 bits per heavy atom. The first-order valence-electron chi connectivity index (χ1n) is 5.52. The highest BCUT2D eigenvalue weighted by Gasteiger charge is 2.42. The standard InChI is InChI=1S/C11H21NS/c1-9(11(2)4-5-11)12-7-10-3-6-13-8-10/h9-10,12H,3-8H2,1-2H3. The van der Waals surface area contributed by atoms with E-state index in [2.05, 4.69) is 30.9 Å². The van der Waals surface area contributed by atoms with Crippen LogP contribution in [0.1, 0.15) is 33.1 Å². The van der Waals surface area contributed by atoms with Gasteiger partial charge < -0.3 is 5.32 Å². The molecular formula is C11H21NS. The van der Waals surface area contributed by atoms with Gasteiger partial charge in [0.25, 0.3) is 0 Å². The molecule has 0 amide bonds. The molecule has 1 aliphatic carbocycles. The van der Waals surface area contributed by atoms with E-state index in [0.29, 0.717) is 5.41 Å². The molecule has 2 rings (SSSR count). The second-order valence-corrected chi connectivity index (χ2v) is 6.16. The van der Waals surface area contributed by atoms with Gasteiger partial charge in [-0.15, -0.1) is 0 Å². The van der Waals surface area contributed by atoms with Crippen molar-refractivity contribution in [1.29, 1.82) is 0 Å². The molecule has 0 aromatic carbocycles. The molecule has 13 heavy (non-hydrogen) atoms. The van der Waals surface area contributed by atoms with Crippen molar-refractivity contribution in [3.8, 4) is 0 Å². The van der Waals surface area contributed by atoms with Gasteiger partial charge in [-0.1, -0.05) is 6.92 Å². The molecule has 2 aliphatic rings. The monoisotopic (exact) mass is 199 g/mol. The summed E-state index contributed by atoms with van der Waals surface area (Å²) < 4.78 is 0. The summed E-state index contributed by atoms with van der Waals surface area (Å²) in [5.74, 6) is 3.73. The molecule has 2 unspecified atom stereocenters. The zero-order chi connectivity index (χ0) is 9.31. The zero-order valence-corrected chi connectivity index (χ0v) is 9.62. The molecular weight excluding hydrogens is 178 g/mol. The fraction of sp³-hybridized carbons (Fsp3) is 1.00. The molecule has 2 fully saturated rings. The minimum atomic E-state index is 0.645. The van der Waals surface area contributed by atoms with E-state index >= 15 is 0 Å². The summed E-state index contributed by atoms with van der Waals surface area (Å²) in [6, 6.07) is 0.734. The molecule has 1 aliphatic heterocycles. The average Bonchev–Trinajstić information content (AvgIpc) is 2.70. The minimum Gasteiger partial charge on any atom is -0.313 e. The summed E-state index contributed by atoms with van der Waals surface area (Å²) in [6.45, 7) is 6.02. The van der Waals surface area contributed by atoms with E-state index in [0.717, 1.165) is 12.0 Å². The normalized spacial score (nSPS) is 33.2. The Bertz CT molecular complexity index is 171. The number of nitrogens with one attached hydrogen (secondary N) is 1. The quantitative estimate of drug-likeness (QED) is 0.746. The second-order valence-electron chi connectivity index (χ2n) is 5.01. The predicted octanol–water partition coefficient (Wildman–Crippen LogP) is 2.52. The SMILES string of the molecule is CC(NCC1CCSC1)C1(C)CC1. The Hall–Kier alpha value is 0.310. The molecule has 0 bridgehead atoms. The smallest absolute Gasteiger partial charge is 0.00926 e. The van der Waals surface area contributed by atoms with E-state index in [9.17, 15) is 0 Å². The van der Waals surface area contributed by atoms with Gasteiger partial charge in [-0.25, -0.2) is 0 Å². The van der Waals surface area contributed by atoms with Crippen molar-refractivity contribution in [2.45, 2.75) is 39.2 Å². The highest BCUT2D eigenvalue weighted by molar-refractivity contribution is 7.99. The molecule has 2 atom stereocenters. The molecule has 1 saturated carbocycles. The van der Waals surface area contributed by atoms with Crippen LogP contribution in [0.4, 0.5) is 0 Å². The van der Waals surface area contributed by atoms with Crippen LogP contribution in [0.15, 0.2) is 0 Å². The lowest BCUT2D eigenvalue weighted by Gasteiger charge is -2.22. The Morgan fingerprint density at radius 3 is 2.85 bits per heavy atom. The first-order valence-corrected chi connectivity index (χ1v) is 6.67. The molecule has 2 heteroatoms. The van der Waals surface area contributed by atoms with Gasteiger partial charge in [0.15, 0.2) is 0 Å². The highest BCUT2D eigenvalue weighted by Crippen LogP contribution is 2.47. The first kappa shape index (κ1) is 9.85. The molecule has 0 aromatic heterocycles. The lowest BCUT2D eigenvalue weighted by Crippen LogP contribution is -2.36. The van der Waals surface area contributed by atoms with Crippen molar-refractivity contribution in [2.24, 2.45) is 11.3 Å². The van der Waals surface area contributed by atoms with Crippen LogP contribution < -0.4 is 5.32 Å². The van der Waals surface area contributed by atoms with Crippen LogP contribution in [0.5, 0.6) is 0 Å². The summed E-state index contributed by atoms with van der Waals surface area (Å²) in [6.07, 6.45) is 4.29. The molecule has 76 valence electrons. The predicted molar refractivity (Wildman–Crippen MR) is 60.2 cm³/mol. The van der Waals surface area contributed by atoms with Crippen molar-refractivity contribution in [3.63, 3.8) is 0 Å². The maximum Gasteiger partial charge on any atom is 0.00926 e. The summed E-state index contributed by atoms with van der Waals surface area (Å²) >= 11 is 2.12. The van der Waals surface area contributed by atoms with Crippen molar-refractivity contribution < 1.29 is 0 Å². The van der Waals surface area contributed by atoms with Gasteiger partial charge in [0.2, 0.25) is 0 Å². The Balaban J connectivity index is 1.66. The molecule has 1 saturated heterocycles. The van der Waals surface area contributed by atoms with Crippen LogP contribution in [0, 0.1) is 11.3 Å². The third kappa shape index (κ3) is 2.41. The lowest BCUT2D eigenvalue weighted by atomic mass is 10.00. The highest BCUT2D eigenvalue weighted by atomic mass is 32.2. The minimum absolute atomic E-state index is 0.645. The molecule has 1 N–H and O–H groups in total. The fourth-order valence-electron chi connectivity index (χ4n) is 1.96. The van der Waals surface area contributed by atoms with E-state index in [1.165, 1.54) is 37.3 Å². The first-order chi connectivity index (χ1) is 6.21. The number of thioether (sulfide) groups is 1. The van der Waals surface area contributed by atoms with Gasteiger partial charge in [0.1, 0.15) is 0 Å². The number of hydrogen-bond acceptors (Lipinski definition) is 2.